The third-order valence-corrected chi connectivity index (χ3v) is 10.2. The molecule has 50 heavy (non-hydrogen) atoms. The fourth-order valence-corrected chi connectivity index (χ4v) is 7.33. The van der Waals surface area contributed by atoms with E-state index in [9.17, 15) is 4.79 Å². The topological polar surface area (TPSA) is 48.0 Å². The van der Waals surface area contributed by atoms with E-state index in [4.69, 9.17) is 14.2 Å². The summed E-state index contributed by atoms with van der Waals surface area (Å²) in [6.45, 7) is 4.25. The summed E-state index contributed by atoms with van der Waals surface area (Å²) >= 11 is 0. The van der Waals surface area contributed by atoms with Crippen molar-refractivity contribution in [1.29, 1.82) is 0 Å². The van der Waals surface area contributed by atoms with Crippen molar-refractivity contribution in [2.75, 3.05) is 32.2 Å². The molecule has 248 valence electrons. The van der Waals surface area contributed by atoms with Crippen molar-refractivity contribution in [3.63, 3.8) is 0 Å². The van der Waals surface area contributed by atoms with Gasteiger partial charge in [-0.25, -0.2) is 4.79 Å². The normalized spacial score (nSPS) is 16.6. The third-order valence-electron chi connectivity index (χ3n) is 10.2. The molecule has 6 aromatic rings. The van der Waals surface area contributed by atoms with E-state index >= 15 is 0 Å². The lowest BCUT2D eigenvalue weighted by Gasteiger charge is -2.37. The van der Waals surface area contributed by atoms with Gasteiger partial charge in [0.1, 0.15) is 11.5 Å². The Kier molecular flexibility index (Phi) is 8.12. The van der Waals surface area contributed by atoms with E-state index in [-0.39, 0.29) is 0 Å². The van der Waals surface area contributed by atoms with Crippen LogP contribution in [0, 0.1) is 6.92 Å². The maximum atomic E-state index is 13.3. The first-order valence-electron chi connectivity index (χ1n) is 17.2. The van der Waals surface area contributed by atoms with Gasteiger partial charge in [-0.3, -0.25) is 0 Å². The molecule has 0 N–H and O–H groups in total. The lowest BCUT2D eigenvalue weighted by molar-refractivity contribution is 0.0599. The molecule has 1 atom stereocenters. The summed E-state index contributed by atoms with van der Waals surface area (Å²) in [5.41, 5.74) is 9.12. The fraction of sp³-hybridized carbons (Fsp3) is 0.178. The molecule has 1 unspecified atom stereocenters. The second kappa shape index (κ2) is 12.9. The second-order valence-electron chi connectivity index (χ2n) is 13.2. The molecule has 5 nitrogen and oxygen atoms in total. The Balaban J connectivity index is 1.24. The van der Waals surface area contributed by atoms with Crippen molar-refractivity contribution in [3.05, 3.63) is 155 Å². The van der Waals surface area contributed by atoms with Crippen LogP contribution in [-0.4, -0.2) is 33.3 Å². The van der Waals surface area contributed by atoms with Gasteiger partial charge in [-0.2, -0.15) is 0 Å². The molecule has 8 rings (SSSR count). The van der Waals surface area contributed by atoms with Crippen LogP contribution in [0.25, 0.3) is 39.1 Å². The van der Waals surface area contributed by atoms with Gasteiger partial charge in [-0.15, -0.1) is 0 Å². The van der Waals surface area contributed by atoms with Crippen LogP contribution >= 0.6 is 0 Å². The first-order chi connectivity index (χ1) is 24.5. The van der Waals surface area contributed by atoms with Crippen LogP contribution in [0.15, 0.2) is 127 Å². The molecule has 0 saturated carbocycles. The molecule has 2 aliphatic rings. The first kappa shape index (κ1) is 31.5. The van der Waals surface area contributed by atoms with Gasteiger partial charge in [0.2, 0.25) is 0 Å². The summed E-state index contributed by atoms with van der Waals surface area (Å²) in [6.07, 6.45) is 6.51. The number of rotatable bonds is 7. The molecule has 0 aromatic heterocycles. The number of nitrogens with zero attached hydrogens (tertiary/aromatic N) is 1. The van der Waals surface area contributed by atoms with E-state index in [2.05, 4.69) is 109 Å². The van der Waals surface area contributed by atoms with E-state index in [1.807, 2.05) is 36.4 Å². The molecule has 0 aliphatic carbocycles. The summed E-state index contributed by atoms with van der Waals surface area (Å²) in [4.78, 5) is 15.7. The molecule has 0 radical (unpaired) electrons. The van der Waals surface area contributed by atoms with Crippen LogP contribution in [0.2, 0.25) is 0 Å². The van der Waals surface area contributed by atoms with Crippen molar-refractivity contribution < 1.29 is 19.0 Å². The summed E-state index contributed by atoms with van der Waals surface area (Å²) < 4.78 is 18.0. The third kappa shape index (κ3) is 5.59. The highest BCUT2D eigenvalue weighted by atomic mass is 16.5. The number of carbonyl (C=O) groups excluding carboxylic acids is 1. The van der Waals surface area contributed by atoms with Crippen molar-refractivity contribution in [2.24, 2.45) is 0 Å². The van der Waals surface area contributed by atoms with Gasteiger partial charge in [0.15, 0.2) is 5.60 Å². The summed E-state index contributed by atoms with van der Waals surface area (Å²) in [7, 11) is 3.09. The Bertz CT molecular complexity index is 2210. The Morgan fingerprint density at radius 1 is 0.700 bits per heavy atom. The molecule has 0 amide bonds. The minimum absolute atomic E-state index is 0.406. The van der Waals surface area contributed by atoms with Gasteiger partial charge >= 0.3 is 5.97 Å². The predicted octanol–water partition coefficient (Wildman–Crippen LogP) is 10.2. The molecule has 1 fully saturated rings. The van der Waals surface area contributed by atoms with Gasteiger partial charge in [0.05, 0.1) is 19.8 Å². The molecular weight excluding hydrogens is 618 g/mol. The lowest BCUT2D eigenvalue weighted by atomic mass is 9.82. The summed E-state index contributed by atoms with van der Waals surface area (Å²) in [6, 6.07) is 42.2. The number of hydrogen-bond donors (Lipinski definition) is 0. The maximum absolute atomic E-state index is 13.3. The quantitative estimate of drug-likeness (QED) is 0.160. The van der Waals surface area contributed by atoms with Crippen LogP contribution in [0.1, 0.15) is 45.5 Å². The van der Waals surface area contributed by atoms with Crippen LogP contribution in [-0.2, 0) is 10.3 Å². The fourth-order valence-electron chi connectivity index (χ4n) is 7.33. The molecular formula is C45H39NO4. The van der Waals surface area contributed by atoms with Crippen LogP contribution in [0.5, 0.6) is 11.5 Å². The number of fused-ring (bicyclic) bond motifs is 3. The molecule has 0 bridgehead atoms. The molecule has 6 aromatic carbocycles. The molecule has 2 heterocycles. The Hall–Kier alpha value is -5.81. The zero-order chi connectivity index (χ0) is 34.2. The van der Waals surface area contributed by atoms with Crippen LogP contribution in [0.3, 0.4) is 0 Å². The zero-order valence-corrected chi connectivity index (χ0v) is 28.6. The van der Waals surface area contributed by atoms with E-state index < -0.39 is 11.6 Å². The number of anilines is 1. The Labute approximate surface area is 293 Å². The van der Waals surface area contributed by atoms with Crippen molar-refractivity contribution >= 4 is 28.5 Å². The largest absolute Gasteiger partial charge is 0.497 e. The van der Waals surface area contributed by atoms with E-state index in [0.717, 1.165) is 51.9 Å². The standard InChI is InChI=1S/C45H39NO4/c1-30-6-8-31(9-7-30)32-10-12-33(13-11-32)34-14-23-40-35(28-34)29-42(44(47)49-3)41-24-25-45(50-43(40)41,37-17-21-39(48-2)22-18-37)36-15-19-38(20-16-36)46-26-4-5-27-46/h6-25,28-29H,4-5,26-27H2,1-3H3. The van der Waals surface area contributed by atoms with Gasteiger partial charge in [-0.1, -0.05) is 90.5 Å². The Morgan fingerprint density at radius 2 is 1.28 bits per heavy atom. The highest BCUT2D eigenvalue weighted by Crippen LogP contribution is 2.47. The SMILES string of the molecule is COC(=O)c1cc2cc(-c3ccc(-c4ccc(C)cc4)cc3)ccc2c2c1C=CC(c1ccc(OC)cc1)(c1ccc(N3CCCC3)cc1)O2. The summed E-state index contributed by atoms with van der Waals surface area (Å²) in [5, 5.41) is 1.82. The molecule has 5 heteroatoms. The molecule has 0 spiro atoms. The average molecular weight is 658 g/mol. The number of carbonyl (C=O) groups is 1. The zero-order valence-electron chi connectivity index (χ0n) is 28.6. The number of esters is 1. The summed E-state index contributed by atoms with van der Waals surface area (Å²) in [5.74, 6) is 1.01. The molecule has 2 aliphatic heterocycles. The number of hydrogen-bond acceptors (Lipinski definition) is 5. The van der Waals surface area contributed by atoms with Gasteiger partial charge in [-0.05, 0) is 96.0 Å². The van der Waals surface area contributed by atoms with E-state index in [1.165, 1.54) is 42.3 Å². The minimum Gasteiger partial charge on any atom is -0.497 e. The van der Waals surface area contributed by atoms with E-state index in [1.54, 1.807) is 7.11 Å². The maximum Gasteiger partial charge on any atom is 0.338 e. The first-order valence-corrected chi connectivity index (χ1v) is 17.2. The van der Waals surface area contributed by atoms with Crippen LogP contribution < -0.4 is 14.4 Å². The minimum atomic E-state index is -0.949. The van der Waals surface area contributed by atoms with Gasteiger partial charge in [0.25, 0.3) is 0 Å². The number of benzene rings is 6. The number of aryl methyl sites for hydroxylation is 1. The highest BCUT2D eigenvalue weighted by molar-refractivity contribution is 6.05. The van der Waals surface area contributed by atoms with E-state index in [0.29, 0.717) is 16.9 Å². The second-order valence-corrected chi connectivity index (χ2v) is 13.2. The lowest BCUT2D eigenvalue weighted by Crippen LogP contribution is -2.34. The monoisotopic (exact) mass is 657 g/mol. The van der Waals surface area contributed by atoms with Crippen molar-refractivity contribution in [3.8, 4) is 33.8 Å². The van der Waals surface area contributed by atoms with Crippen molar-refractivity contribution in [2.45, 2.75) is 25.4 Å². The Morgan fingerprint density at radius 3 is 1.90 bits per heavy atom. The highest BCUT2D eigenvalue weighted by Gasteiger charge is 2.39. The predicted molar refractivity (Wildman–Crippen MR) is 202 cm³/mol. The number of methoxy groups -OCH3 is 2. The van der Waals surface area contributed by atoms with Gasteiger partial charge in [0, 0.05) is 40.9 Å². The average Bonchev–Trinajstić information content (AvgIpc) is 3.73. The van der Waals surface area contributed by atoms with Gasteiger partial charge < -0.3 is 19.1 Å². The smallest absolute Gasteiger partial charge is 0.338 e. The van der Waals surface area contributed by atoms with Crippen LogP contribution in [0.4, 0.5) is 5.69 Å². The number of ether oxygens (including phenoxy) is 3. The van der Waals surface area contributed by atoms with Crippen molar-refractivity contribution in [1.82, 2.24) is 0 Å². The molecule has 1 saturated heterocycles.